The highest BCUT2D eigenvalue weighted by Crippen LogP contribution is 2.27. The van der Waals surface area contributed by atoms with Crippen LogP contribution in [0.2, 0.25) is 0 Å². The summed E-state index contributed by atoms with van der Waals surface area (Å²) in [7, 11) is 0. The van der Waals surface area contributed by atoms with Crippen LogP contribution in [-0.4, -0.2) is 9.78 Å². The van der Waals surface area contributed by atoms with E-state index >= 15 is 0 Å². The zero-order chi connectivity index (χ0) is 13.0. The van der Waals surface area contributed by atoms with Crippen LogP contribution in [0.3, 0.4) is 0 Å². The van der Waals surface area contributed by atoms with Gasteiger partial charge in [0.05, 0.1) is 17.4 Å². The summed E-state index contributed by atoms with van der Waals surface area (Å²) in [5.41, 5.74) is 10.6. The van der Waals surface area contributed by atoms with Crippen LogP contribution in [0, 0.1) is 5.92 Å². The molecule has 0 aliphatic rings. The number of aromatic nitrogens is 2. The lowest BCUT2D eigenvalue weighted by Gasteiger charge is -2.17. The lowest BCUT2D eigenvalue weighted by atomic mass is 10.0. The summed E-state index contributed by atoms with van der Waals surface area (Å²) >= 11 is 0. The van der Waals surface area contributed by atoms with E-state index in [1.807, 2.05) is 54.9 Å². The predicted octanol–water partition coefficient (Wildman–Crippen LogP) is 3.88. The van der Waals surface area contributed by atoms with Crippen molar-refractivity contribution in [3.05, 3.63) is 58.7 Å². The topological polar surface area (TPSA) is 66.6 Å². The summed E-state index contributed by atoms with van der Waals surface area (Å²) in [6, 6.07) is 11.5. The van der Waals surface area contributed by atoms with E-state index in [1.54, 1.807) is 6.20 Å². The van der Waals surface area contributed by atoms with Crippen molar-refractivity contribution in [3.8, 4) is 5.69 Å². The van der Waals surface area contributed by atoms with Gasteiger partial charge in [-0.15, -0.1) is 0 Å². The van der Waals surface area contributed by atoms with Crippen molar-refractivity contribution in [3.63, 3.8) is 0 Å². The highest BCUT2D eigenvalue weighted by molar-refractivity contribution is 5.33. The van der Waals surface area contributed by atoms with Gasteiger partial charge in [0.25, 0.3) is 0 Å². The van der Waals surface area contributed by atoms with Crippen molar-refractivity contribution in [1.82, 2.24) is 9.78 Å². The number of para-hydroxylation sites is 1. The third kappa shape index (κ3) is 2.36. The van der Waals surface area contributed by atoms with Crippen molar-refractivity contribution in [2.75, 3.05) is 0 Å². The Kier molecular flexibility index (Phi) is 3.65. The number of hydrogen-bond donors (Lipinski definition) is 0. The first-order valence-corrected chi connectivity index (χ1v) is 5.87. The third-order valence-corrected chi connectivity index (χ3v) is 2.78. The molecule has 0 amide bonds. The molecular formula is C13H15N5. The van der Waals surface area contributed by atoms with E-state index in [0.29, 0.717) is 0 Å². The van der Waals surface area contributed by atoms with Gasteiger partial charge in [0.15, 0.2) is 0 Å². The SMILES string of the molecule is CC(C)C(N=[N+]=[N-])c1ccnn1-c1ccccc1. The van der Waals surface area contributed by atoms with E-state index < -0.39 is 0 Å². The molecule has 0 saturated carbocycles. The van der Waals surface area contributed by atoms with Gasteiger partial charge in [-0.25, -0.2) is 4.68 Å². The van der Waals surface area contributed by atoms with Crippen molar-refractivity contribution in [2.24, 2.45) is 11.0 Å². The minimum Gasteiger partial charge on any atom is -0.237 e. The maximum Gasteiger partial charge on any atom is 0.0822 e. The minimum atomic E-state index is -0.210. The summed E-state index contributed by atoms with van der Waals surface area (Å²) in [6.45, 7) is 4.06. The number of nitrogens with zero attached hydrogens (tertiary/aromatic N) is 5. The standard InChI is InChI=1S/C13H15N5/c1-10(2)13(16-17-14)12-8-9-15-18(12)11-6-4-3-5-7-11/h3-10,13H,1-2H3. The first-order valence-electron chi connectivity index (χ1n) is 5.87. The molecule has 5 nitrogen and oxygen atoms in total. The van der Waals surface area contributed by atoms with Crippen molar-refractivity contribution >= 4 is 0 Å². The van der Waals surface area contributed by atoms with Crippen LogP contribution in [-0.2, 0) is 0 Å². The van der Waals surface area contributed by atoms with Crippen LogP contribution in [0.5, 0.6) is 0 Å². The van der Waals surface area contributed by atoms with Crippen LogP contribution in [0.25, 0.3) is 16.1 Å². The summed E-state index contributed by atoms with van der Waals surface area (Å²) in [5, 5.41) is 8.18. The molecular weight excluding hydrogens is 226 g/mol. The number of benzene rings is 1. The normalized spacial score (nSPS) is 12.2. The van der Waals surface area contributed by atoms with Gasteiger partial charge in [-0.05, 0) is 29.6 Å². The summed E-state index contributed by atoms with van der Waals surface area (Å²) < 4.78 is 1.82. The van der Waals surface area contributed by atoms with Crippen LogP contribution in [0.15, 0.2) is 47.7 Å². The monoisotopic (exact) mass is 241 g/mol. The zero-order valence-corrected chi connectivity index (χ0v) is 10.4. The minimum absolute atomic E-state index is 0.210. The average molecular weight is 241 g/mol. The molecule has 18 heavy (non-hydrogen) atoms. The fourth-order valence-corrected chi connectivity index (χ4v) is 1.91. The summed E-state index contributed by atoms with van der Waals surface area (Å²) in [4.78, 5) is 2.93. The molecule has 0 radical (unpaired) electrons. The largest absolute Gasteiger partial charge is 0.237 e. The van der Waals surface area contributed by atoms with E-state index in [0.717, 1.165) is 11.4 Å². The van der Waals surface area contributed by atoms with Gasteiger partial charge in [0.2, 0.25) is 0 Å². The summed E-state index contributed by atoms with van der Waals surface area (Å²) in [5.74, 6) is 0.222. The van der Waals surface area contributed by atoms with Crippen molar-refractivity contribution in [1.29, 1.82) is 0 Å². The maximum absolute atomic E-state index is 8.67. The van der Waals surface area contributed by atoms with Gasteiger partial charge in [-0.2, -0.15) is 5.10 Å². The molecule has 1 heterocycles. The molecule has 1 aromatic heterocycles. The third-order valence-electron chi connectivity index (χ3n) is 2.78. The molecule has 1 aromatic carbocycles. The van der Waals surface area contributed by atoms with Crippen LogP contribution >= 0.6 is 0 Å². The molecule has 0 bridgehead atoms. The number of hydrogen-bond acceptors (Lipinski definition) is 2. The second kappa shape index (κ2) is 5.38. The Morgan fingerprint density at radius 2 is 1.94 bits per heavy atom. The first kappa shape index (κ1) is 12.2. The predicted molar refractivity (Wildman–Crippen MR) is 70.3 cm³/mol. The Morgan fingerprint density at radius 1 is 1.22 bits per heavy atom. The molecule has 0 spiro atoms. The van der Waals surface area contributed by atoms with Gasteiger partial charge in [0.1, 0.15) is 0 Å². The molecule has 1 atom stereocenters. The van der Waals surface area contributed by atoms with Gasteiger partial charge < -0.3 is 0 Å². The lowest BCUT2D eigenvalue weighted by molar-refractivity contribution is 0.489. The lowest BCUT2D eigenvalue weighted by Crippen LogP contribution is -2.10. The van der Waals surface area contributed by atoms with E-state index in [1.165, 1.54) is 0 Å². The molecule has 0 aliphatic carbocycles. The van der Waals surface area contributed by atoms with E-state index in [4.69, 9.17) is 5.53 Å². The Hall–Kier alpha value is -2.26. The van der Waals surface area contributed by atoms with E-state index in [-0.39, 0.29) is 12.0 Å². The molecule has 0 fully saturated rings. The van der Waals surface area contributed by atoms with Gasteiger partial charge in [-0.3, -0.25) is 0 Å². The van der Waals surface area contributed by atoms with Crippen molar-refractivity contribution < 1.29 is 0 Å². The van der Waals surface area contributed by atoms with Crippen LogP contribution in [0.1, 0.15) is 25.6 Å². The van der Waals surface area contributed by atoms with E-state index in [9.17, 15) is 0 Å². The molecule has 0 aliphatic heterocycles. The zero-order valence-electron chi connectivity index (χ0n) is 10.4. The maximum atomic E-state index is 8.67. The van der Waals surface area contributed by atoms with Crippen LogP contribution in [0.4, 0.5) is 0 Å². The van der Waals surface area contributed by atoms with Gasteiger partial charge in [-0.1, -0.05) is 37.2 Å². The Labute approximate surface area is 106 Å². The van der Waals surface area contributed by atoms with Gasteiger partial charge >= 0.3 is 0 Å². The fourth-order valence-electron chi connectivity index (χ4n) is 1.91. The number of azide groups is 1. The highest BCUT2D eigenvalue weighted by atomic mass is 15.3. The van der Waals surface area contributed by atoms with Crippen LogP contribution < -0.4 is 0 Å². The van der Waals surface area contributed by atoms with E-state index in [2.05, 4.69) is 15.1 Å². The molecule has 0 N–H and O–H groups in total. The fraction of sp³-hybridized carbons (Fsp3) is 0.308. The van der Waals surface area contributed by atoms with Gasteiger partial charge in [0, 0.05) is 11.1 Å². The molecule has 1 unspecified atom stereocenters. The van der Waals surface area contributed by atoms with Crippen molar-refractivity contribution in [2.45, 2.75) is 19.9 Å². The second-order valence-electron chi connectivity index (χ2n) is 4.40. The molecule has 2 rings (SSSR count). The highest BCUT2D eigenvalue weighted by Gasteiger charge is 2.19. The molecule has 5 heteroatoms. The number of rotatable bonds is 4. The molecule has 2 aromatic rings. The first-order chi connectivity index (χ1) is 8.74. The Balaban J connectivity index is 2.47. The molecule has 0 saturated heterocycles. The summed E-state index contributed by atoms with van der Waals surface area (Å²) in [6.07, 6.45) is 1.73. The second-order valence-corrected chi connectivity index (χ2v) is 4.40. The average Bonchev–Trinajstić information content (AvgIpc) is 2.85. The Morgan fingerprint density at radius 3 is 2.56 bits per heavy atom. The molecule has 92 valence electrons. The quantitative estimate of drug-likeness (QED) is 0.455. The smallest absolute Gasteiger partial charge is 0.0822 e. The Bertz CT molecular complexity index is 552.